The molecule has 6 heteroatoms. The number of aromatic nitrogens is 2. The maximum Gasteiger partial charge on any atom is 0.292 e. The number of aryl methyl sites for hydroxylation is 1. The first kappa shape index (κ1) is 16.6. The second-order valence-electron chi connectivity index (χ2n) is 5.53. The summed E-state index contributed by atoms with van der Waals surface area (Å²) in [7, 11) is 0. The molecule has 0 saturated heterocycles. The summed E-state index contributed by atoms with van der Waals surface area (Å²) in [5, 5.41) is 9.20. The Morgan fingerprint density at radius 1 is 1.12 bits per heavy atom. The Bertz CT molecular complexity index is 978. The monoisotopic (exact) mass is 334 g/mol. The van der Waals surface area contributed by atoms with Crippen LogP contribution in [0.2, 0.25) is 0 Å². The van der Waals surface area contributed by atoms with Gasteiger partial charge < -0.3 is 0 Å². The Labute approximate surface area is 144 Å². The minimum atomic E-state index is -0.451. The number of benzene rings is 2. The summed E-state index contributed by atoms with van der Waals surface area (Å²) in [5.74, 6) is -0.451. The van der Waals surface area contributed by atoms with Gasteiger partial charge in [0, 0.05) is 11.9 Å². The normalized spacial score (nSPS) is 11.1. The van der Waals surface area contributed by atoms with Gasteiger partial charge in [-0.05, 0) is 18.1 Å². The average molecular weight is 334 g/mol. The lowest BCUT2D eigenvalue weighted by molar-refractivity contribution is 0.0949. The molecule has 0 saturated carbocycles. The molecule has 126 valence electrons. The van der Waals surface area contributed by atoms with Crippen LogP contribution in [-0.2, 0) is 6.54 Å². The van der Waals surface area contributed by atoms with E-state index in [1.54, 1.807) is 30.5 Å². The third kappa shape index (κ3) is 3.63. The van der Waals surface area contributed by atoms with Crippen LogP contribution >= 0.6 is 0 Å². The topological polar surface area (TPSA) is 76.3 Å². The predicted octanol–water partition coefficient (Wildman–Crippen LogP) is 2.57. The number of amides is 1. The summed E-state index contributed by atoms with van der Waals surface area (Å²) in [4.78, 5) is 24.9. The van der Waals surface area contributed by atoms with Crippen LogP contribution in [0.1, 0.15) is 29.4 Å². The van der Waals surface area contributed by atoms with Gasteiger partial charge in [-0.3, -0.25) is 9.59 Å². The quantitative estimate of drug-likeness (QED) is 0.575. The zero-order valence-corrected chi connectivity index (χ0v) is 13.8. The minimum absolute atomic E-state index is 0.189. The van der Waals surface area contributed by atoms with E-state index in [1.165, 1.54) is 4.68 Å². The highest BCUT2D eigenvalue weighted by Gasteiger charge is 2.15. The van der Waals surface area contributed by atoms with E-state index in [9.17, 15) is 9.59 Å². The van der Waals surface area contributed by atoms with Gasteiger partial charge >= 0.3 is 0 Å². The van der Waals surface area contributed by atoms with E-state index in [0.29, 0.717) is 17.3 Å². The summed E-state index contributed by atoms with van der Waals surface area (Å²) in [6.45, 7) is 2.41. The molecule has 0 aliphatic rings. The average Bonchev–Trinajstić information content (AvgIpc) is 2.65. The lowest BCUT2D eigenvalue weighted by atomic mass is 10.1. The largest absolute Gasteiger partial charge is 0.292 e. The summed E-state index contributed by atoms with van der Waals surface area (Å²) < 4.78 is 1.33. The van der Waals surface area contributed by atoms with Gasteiger partial charge in [-0.25, -0.2) is 10.1 Å². The van der Waals surface area contributed by atoms with Gasteiger partial charge in [0.2, 0.25) is 0 Å². The maximum absolute atomic E-state index is 12.5. The highest BCUT2D eigenvalue weighted by molar-refractivity contribution is 6.04. The second-order valence-corrected chi connectivity index (χ2v) is 5.53. The van der Waals surface area contributed by atoms with Crippen molar-refractivity contribution < 1.29 is 4.79 Å². The summed E-state index contributed by atoms with van der Waals surface area (Å²) in [6, 6.07) is 16.4. The number of fused-ring (bicyclic) bond motifs is 1. The first-order valence-electron chi connectivity index (χ1n) is 8.09. The van der Waals surface area contributed by atoms with Gasteiger partial charge in [-0.1, -0.05) is 55.5 Å². The van der Waals surface area contributed by atoms with Gasteiger partial charge in [0.15, 0.2) is 5.69 Å². The molecule has 0 fully saturated rings. The van der Waals surface area contributed by atoms with Crippen molar-refractivity contribution >= 4 is 22.9 Å². The zero-order valence-electron chi connectivity index (χ0n) is 13.8. The molecule has 0 spiro atoms. The van der Waals surface area contributed by atoms with E-state index in [4.69, 9.17) is 0 Å². The number of hydrogen-bond acceptors (Lipinski definition) is 4. The van der Waals surface area contributed by atoms with Crippen molar-refractivity contribution in [1.29, 1.82) is 0 Å². The van der Waals surface area contributed by atoms with Gasteiger partial charge in [0.1, 0.15) is 0 Å². The molecule has 1 aromatic heterocycles. The fraction of sp³-hybridized carbons (Fsp3) is 0.158. The molecule has 1 N–H and O–H groups in total. The Balaban J connectivity index is 1.94. The van der Waals surface area contributed by atoms with E-state index in [2.05, 4.69) is 15.6 Å². The van der Waals surface area contributed by atoms with Crippen LogP contribution in [0.15, 0.2) is 64.5 Å². The number of carbonyl (C=O) groups excluding carboxylic acids is 1. The van der Waals surface area contributed by atoms with Crippen molar-refractivity contribution in [2.24, 2.45) is 5.10 Å². The van der Waals surface area contributed by atoms with E-state index in [1.807, 2.05) is 37.3 Å². The highest BCUT2D eigenvalue weighted by Crippen LogP contribution is 2.13. The Morgan fingerprint density at radius 3 is 2.52 bits per heavy atom. The summed E-state index contributed by atoms with van der Waals surface area (Å²) >= 11 is 0. The molecule has 0 radical (unpaired) electrons. The molecule has 6 nitrogen and oxygen atoms in total. The number of hydrogen-bond donors (Lipinski definition) is 1. The lowest BCUT2D eigenvalue weighted by Gasteiger charge is -2.09. The number of carbonyl (C=O) groups is 1. The predicted molar refractivity (Wildman–Crippen MR) is 97.8 cm³/mol. The molecular weight excluding hydrogens is 316 g/mol. The summed E-state index contributed by atoms with van der Waals surface area (Å²) in [6.07, 6.45) is 2.31. The third-order valence-electron chi connectivity index (χ3n) is 3.70. The van der Waals surface area contributed by atoms with E-state index >= 15 is 0 Å². The Morgan fingerprint density at radius 2 is 1.80 bits per heavy atom. The molecular formula is C19H18N4O2. The molecule has 3 rings (SSSR count). The molecule has 1 heterocycles. The zero-order chi connectivity index (χ0) is 17.6. The van der Waals surface area contributed by atoms with Crippen LogP contribution in [0.25, 0.3) is 10.8 Å². The van der Waals surface area contributed by atoms with Gasteiger partial charge in [0.25, 0.3) is 11.5 Å². The van der Waals surface area contributed by atoms with Crippen LogP contribution < -0.4 is 11.0 Å². The first-order chi connectivity index (χ1) is 12.2. The van der Waals surface area contributed by atoms with Gasteiger partial charge in [-0.15, -0.1) is 0 Å². The van der Waals surface area contributed by atoms with Crippen molar-refractivity contribution in [2.45, 2.75) is 19.9 Å². The number of nitrogens with one attached hydrogen (secondary N) is 1. The van der Waals surface area contributed by atoms with E-state index < -0.39 is 5.91 Å². The van der Waals surface area contributed by atoms with Crippen LogP contribution in [0, 0.1) is 0 Å². The molecule has 0 atom stereocenters. The van der Waals surface area contributed by atoms with E-state index in [0.717, 1.165) is 12.0 Å². The van der Waals surface area contributed by atoms with Crippen LogP contribution in [-0.4, -0.2) is 21.9 Å². The fourth-order valence-electron chi connectivity index (χ4n) is 2.52. The molecule has 0 aliphatic heterocycles. The molecule has 3 aromatic rings. The first-order valence-corrected chi connectivity index (χ1v) is 8.09. The fourth-order valence-corrected chi connectivity index (χ4v) is 2.52. The van der Waals surface area contributed by atoms with Gasteiger partial charge in [-0.2, -0.15) is 10.2 Å². The van der Waals surface area contributed by atoms with Crippen LogP contribution in [0.4, 0.5) is 0 Å². The minimum Gasteiger partial charge on any atom is -0.267 e. The molecule has 0 unspecified atom stereocenters. The lowest BCUT2D eigenvalue weighted by Crippen LogP contribution is -2.29. The molecule has 0 bridgehead atoms. The summed E-state index contributed by atoms with van der Waals surface area (Å²) in [5.41, 5.74) is 3.35. The molecule has 1 amide bonds. The molecule has 2 aromatic carbocycles. The molecule has 0 aliphatic carbocycles. The molecule has 25 heavy (non-hydrogen) atoms. The van der Waals surface area contributed by atoms with Crippen molar-refractivity contribution in [1.82, 2.24) is 15.2 Å². The maximum atomic E-state index is 12.5. The standard InChI is InChI=1S/C19H18N4O2/c1-2-12-23-19(25)16-11-7-6-10-15(16)17(22-23)18(24)21-20-13-14-8-4-3-5-9-14/h3-11,13H,2,12H2,1H3,(H,21,24)/b20-13+. The second kappa shape index (κ2) is 7.53. The SMILES string of the molecule is CCCn1nc(C(=O)N/N=C/c2ccccc2)c2ccccc2c1=O. The van der Waals surface area contributed by atoms with E-state index in [-0.39, 0.29) is 11.3 Å². The Kier molecular flexibility index (Phi) is 4.99. The number of nitrogens with zero attached hydrogens (tertiary/aromatic N) is 3. The van der Waals surface area contributed by atoms with Crippen molar-refractivity contribution in [3.63, 3.8) is 0 Å². The van der Waals surface area contributed by atoms with Gasteiger partial charge in [0.05, 0.1) is 11.6 Å². The number of rotatable bonds is 5. The highest BCUT2D eigenvalue weighted by atomic mass is 16.2. The van der Waals surface area contributed by atoms with Crippen LogP contribution in [0.3, 0.4) is 0 Å². The van der Waals surface area contributed by atoms with Crippen molar-refractivity contribution in [3.05, 3.63) is 76.2 Å². The van der Waals surface area contributed by atoms with Crippen molar-refractivity contribution in [3.8, 4) is 0 Å². The number of hydrazone groups is 1. The Hall–Kier alpha value is -3.28. The third-order valence-corrected chi connectivity index (χ3v) is 3.70. The van der Waals surface area contributed by atoms with Crippen molar-refractivity contribution in [2.75, 3.05) is 0 Å². The smallest absolute Gasteiger partial charge is 0.267 e. The van der Waals surface area contributed by atoms with Crippen LogP contribution in [0.5, 0.6) is 0 Å².